The summed E-state index contributed by atoms with van der Waals surface area (Å²) in [5.41, 5.74) is 0. The summed E-state index contributed by atoms with van der Waals surface area (Å²) in [7, 11) is -3.87. The van der Waals surface area contributed by atoms with Crippen LogP contribution >= 0.6 is 0 Å². The molecule has 4 nitrogen and oxygen atoms in total. The van der Waals surface area contributed by atoms with E-state index in [-0.39, 0.29) is 6.61 Å². The van der Waals surface area contributed by atoms with Gasteiger partial charge in [0.1, 0.15) is 0 Å². The van der Waals surface area contributed by atoms with Crippen LogP contribution in [0.5, 0.6) is 0 Å². The first kappa shape index (κ1) is 16.9. The Morgan fingerprint density at radius 1 is 0.941 bits per heavy atom. The highest BCUT2D eigenvalue weighted by Gasteiger charge is 2.21. The second-order valence-electron chi connectivity index (χ2n) is 4.56. The molecule has 0 fully saturated rings. The molecule has 0 saturated heterocycles. The molecule has 1 unspecified atom stereocenters. The van der Waals surface area contributed by atoms with Gasteiger partial charge in [0.15, 0.2) is 0 Å². The largest absolute Gasteiger partial charge is 0.396 e. The molecule has 0 spiro atoms. The molecule has 0 amide bonds. The molecule has 2 N–H and O–H groups in total. The van der Waals surface area contributed by atoms with Crippen molar-refractivity contribution in [2.24, 2.45) is 0 Å². The summed E-state index contributed by atoms with van der Waals surface area (Å²) in [4.78, 5) is 0. The molecule has 0 aliphatic rings. The Kier molecular flexibility index (Phi) is 9.78. The lowest BCUT2D eigenvalue weighted by atomic mass is 10.1. The average Bonchev–Trinajstić information content (AvgIpc) is 2.25. The van der Waals surface area contributed by atoms with Crippen LogP contribution in [0, 0.1) is 0 Å². The first-order valence-corrected chi connectivity index (χ1v) is 8.09. The van der Waals surface area contributed by atoms with Gasteiger partial charge in [-0.1, -0.05) is 45.4 Å². The molecular weight excluding hydrogens is 240 g/mol. The fraction of sp³-hybridized carbons (Fsp3) is 1.00. The molecule has 1 atom stereocenters. The number of hydrogen-bond acceptors (Lipinski definition) is 3. The summed E-state index contributed by atoms with van der Waals surface area (Å²) in [5.74, 6) is 0. The van der Waals surface area contributed by atoms with Crippen LogP contribution in [0.2, 0.25) is 0 Å². The highest BCUT2D eigenvalue weighted by molar-refractivity contribution is 7.86. The Hall–Kier alpha value is -0.130. The van der Waals surface area contributed by atoms with E-state index in [1.54, 1.807) is 0 Å². The predicted molar refractivity (Wildman–Crippen MR) is 69.6 cm³/mol. The molecule has 0 radical (unpaired) electrons. The summed E-state index contributed by atoms with van der Waals surface area (Å²) in [6, 6.07) is 0. The van der Waals surface area contributed by atoms with Gasteiger partial charge in [-0.2, -0.15) is 8.42 Å². The van der Waals surface area contributed by atoms with Crippen molar-refractivity contribution in [2.45, 2.75) is 70.0 Å². The molecule has 0 aromatic rings. The van der Waals surface area contributed by atoms with Crippen LogP contribution in [0.25, 0.3) is 0 Å². The molecule has 5 heteroatoms. The van der Waals surface area contributed by atoms with Crippen LogP contribution in [0.15, 0.2) is 0 Å². The van der Waals surface area contributed by atoms with Gasteiger partial charge < -0.3 is 5.11 Å². The Labute approximate surface area is 105 Å². The van der Waals surface area contributed by atoms with Gasteiger partial charge in [0.05, 0.1) is 5.25 Å². The smallest absolute Gasteiger partial charge is 0.267 e. The minimum atomic E-state index is -3.87. The van der Waals surface area contributed by atoms with Crippen molar-refractivity contribution in [2.75, 3.05) is 6.61 Å². The van der Waals surface area contributed by atoms with Crippen molar-refractivity contribution in [1.82, 2.24) is 0 Å². The van der Waals surface area contributed by atoms with E-state index >= 15 is 0 Å². The predicted octanol–water partition coefficient (Wildman–Crippen LogP) is 2.77. The second-order valence-corrected chi connectivity index (χ2v) is 6.26. The van der Waals surface area contributed by atoms with E-state index < -0.39 is 15.4 Å². The fourth-order valence-electron chi connectivity index (χ4n) is 1.89. The quantitative estimate of drug-likeness (QED) is 0.445. The number of aliphatic hydroxyl groups is 1. The highest BCUT2D eigenvalue weighted by Crippen LogP contribution is 2.17. The molecule has 0 aromatic heterocycles. The van der Waals surface area contributed by atoms with Crippen molar-refractivity contribution >= 4 is 10.1 Å². The van der Waals surface area contributed by atoms with Crippen molar-refractivity contribution in [3.8, 4) is 0 Å². The van der Waals surface area contributed by atoms with Crippen molar-refractivity contribution in [1.29, 1.82) is 0 Å². The molecule has 0 heterocycles. The van der Waals surface area contributed by atoms with E-state index in [4.69, 9.17) is 9.66 Å². The van der Waals surface area contributed by atoms with Gasteiger partial charge in [-0.05, 0) is 19.3 Å². The first-order chi connectivity index (χ1) is 8.02. The zero-order valence-corrected chi connectivity index (χ0v) is 11.6. The first-order valence-electron chi connectivity index (χ1n) is 6.59. The standard InChI is InChI=1S/C12H26O4S/c1-2-3-9-12(17(14,15)16)10-7-5-4-6-8-11-13/h12-13H,2-11H2,1H3,(H,14,15,16). The Morgan fingerprint density at radius 2 is 1.47 bits per heavy atom. The summed E-state index contributed by atoms with van der Waals surface area (Å²) in [5, 5.41) is 8.02. The lowest BCUT2D eigenvalue weighted by Crippen LogP contribution is -2.20. The molecular formula is C12H26O4S. The van der Waals surface area contributed by atoms with Crippen LogP contribution in [0.4, 0.5) is 0 Å². The third kappa shape index (κ3) is 9.56. The Bertz CT molecular complexity index is 262. The maximum atomic E-state index is 11.1. The van der Waals surface area contributed by atoms with E-state index in [9.17, 15) is 8.42 Å². The van der Waals surface area contributed by atoms with Crippen molar-refractivity contribution in [3.05, 3.63) is 0 Å². The molecule has 104 valence electrons. The SMILES string of the molecule is CCCCC(CCCCCCCO)S(=O)(=O)O. The van der Waals surface area contributed by atoms with E-state index in [0.717, 1.165) is 44.9 Å². The van der Waals surface area contributed by atoms with E-state index in [2.05, 4.69) is 0 Å². The van der Waals surface area contributed by atoms with Gasteiger partial charge in [-0.15, -0.1) is 0 Å². The van der Waals surface area contributed by atoms with E-state index in [0.29, 0.717) is 12.8 Å². The van der Waals surface area contributed by atoms with Gasteiger partial charge in [-0.25, -0.2) is 0 Å². The lowest BCUT2D eigenvalue weighted by molar-refractivity contribution is 0.282. The van der Waals surface area contributed by atoms with E-state index in [1.165, 1.54) is 0 Å². The maximum absolute atomic E-state index is 11.1. The number of hydrogen-bond donors (Lipinski definition) is 2. The summed E-state index contributed by atoms with van der Waals surface area (Å²) < 4.78 is 31.3. The minimum absolute atomic E-state index is 0.226. The second kappa shape index (κ2) is 9.85. The van der Waals surface area contributed by atoms with Crippen LogP contribution < -0.4 is 0 Å². The maximum Gasteiger partial charge on any atom is 0.267 e. The monoisotopic (exact) mass is 266 g/mol. The molecule has 0 aliphatic carbocycles. The summed E-state index contributed by atoms with van der Waals surface area (Å²) in [6.45, 7) is 2.24. The minimum Gasteiger partial charge on any atom is -0.396 e. The number of unbranched alkanes of at least 4 members (excludes halogenated alkanes) is 5. The molecule has 0 aliphatic heterocycles. The van der Waals surface area contributed by atoms with Gasteiger partial charge in [0.25, 0.3) is 10.1 Å². The third-order valence-electron chi connectivity index (χ3n) is 2.99. The lowest BCUT2D eigenvalue weighted by Gasteiger charge is -2.13. The van der Waals surface area contributed by atoms with Crippen LogP contribution in [-0.2, 0) is 10.1 Å². The fourth-order valence-corrected chi connectivity index (χ4v) is 2.82. The van der Waals surface area contributed by atoms with Crippen molar-refractivity contribution < 1.29 is 18.1 Å². The zero-order chi connectivity index (χ0) is 13.1. The highest BCUT2D eigenvalue weighted by atomic mass is 32.2. The van der Waals surface area contributed by atoms with Gasteiger partial charge in [0, 0.05) is 6.61 Å². The zero-order valence-electron chi connectivity index (χ0n) is 10.8. The van der Waals surface area contributed by atoms with Gasteiger partial charge in [0.2, 0.25) is 0 Å². The molecule has 17 heavy (non-hydrogen) atoms. The third-order valence-corrected chi connectivity index (χ3v) is 4.30. The Balaban J connectivity index is 3.77. The summed E-state index contributed by atoms with van der Waals surface area (Å²) >= 11 is 0. The number of rotatable bonds is 11. The van der Waals surface area contributed by atoms with Crippen LogP contribution in [-0.4, -0.2) is 29.9 Å². The molecule has 0 aromatic carbocycles. The topological polar surface area (TPSA) is 74.6 Å². The average molecular weight is 266 g/mol. The van der Waals surface area contributed by atoms with E-state index in [1.807, 2.05) is 6.92 Å². The normalized spacial score (nSPS) is 13.8. The number of aliphatic hydroxyl groups excluding tert-OH is 1. The van der Waals surface area contributed by atoms with Gasteiger partial charge >= 0.3 is 0 Å². The van der Waals surface area contributed by atoms with Crippen LogP contribution in [0.3, 0.4) is 0 Å². The molecule has 0 saturated carbocycles. The Morgan fingerprint density at radius 3 is 2.00 bits per heavy atom. The summed E-state index contributed by atoms with van der Waals surface area (Å²) in [6.07, 6.45) is 7.53. The van der Waals surface area contributed by atoms with Crippen LogP contribution in [0.1, 0.15) is 64.7 Å². The molecule has 0 bridgehead atoms. The van der Waals surface area contributed by atoms with Crippen molar-refractivity contribution in [3.63, 3.8) is 0 Å². The molecule has 0 rings (SSSR count). The van der Waals surface area contributed by atoms with Gasteiger partial charge in [-0.3, -0.25) is 4.55 Å².